The largest absolute Gasteiger partial charge is 0.474 e. The number of hydrogen-bond acceptors (Lipinski definition) is 4. The molecular formula is C36H75O4P. The van der Waals surface area contributed by atoms with Crippen LogP contribution in [0.5, 0.6) is 0 Å². The van der Waals surface area contributed by atoms with Gasteiger partial charge >= 0.3 is 7.82 Å². The molecule has 0 aromatic rings. The minimum Gasteiger partial charge on any atom is -0.287 e. The smallest absolute Gasteiger partial charge is 0.287 e. The molecule has 3 atom stereocenters. The summed E-state index contributed by atoms with van der Waals surface area (Å²) in [5, 5.41) is 0. The van der Waals surface area contributed by atoms with E-state index in [0.29, 0.717) is 37.6 Å². The van der Waals surface area contributed by atoms with Crippen molar-refractivity contribution in [2.24, 2.45) is 17.8 Å². The van der Waals surface area contributed by atoms with Gasteiger partial charge in [-0.25, -0.2) is 4.57 Å². The Kier molecular flexibility index (Phi) is 30.2. The van der Waals surface area contributed by atoms with Crippen LogP contribution in [0.2, 0.25) is 0 Å². The molecule has 5 heteroatoms. The second kappa shape index (κ2) is 30.1. The summed E-state index contributed by atoms with van der Waals surface area (Å²) >= 11 is 0. The predicted molar refractivity (Wildman–Crippen MR) is 181 cm³/mol. The van der Waals surface area contributed by atoms with Crippen molar-refractivity contribution in [3.8, 4) is 0 Å². The number of phosphoric acid groups is 1. The van der Waals surface area contributed by atoms with E-state index < -0.39 is 7.82 Å². The molecule has 4 nitrogen and oxygen atoms in total. The Morgan fingerprint density at radius 1 is 0.366 bits per heavy atom. The molecule has 41 heavy (non-hydrogen) atoms. The van der Waals surface area contributed by atoms with Gasteiger partial charge in [0.15, 0.2) is 0 Å². The quantitative estimate of drug-likeness (QED) is 0.0553. The van der Waals surface area contributed by atoms with Crippen LogP contribution in [0, 0.1) is 17.8 Å². The van der Waals surface area contributed by atoms with Crippen molar-refractivity contribution >= 4 is 7.82 Å². The van der Waals surface area contributed by atoms with E-state index in [0.717, 1.165) is 38.5 Å². The van der Waals surface area contributed by atoms with Crippen LogP contribution >= 0.6 is 7.82 Å². The maximum atomic E-state index is 14.2. The molecule has 0 amide bonds. The van der Waals surface area contributed by atoms with Gasteiger partial charge in [0.25, 0.3) is 0 Å². The molecule has 0 fully saturated rings. The molecule has 0 rings (SSSR count). The monoisotopic (exact) mass is 603 g/mol. The maximum Gasteiger partial charge on any atom is 0.474 e. The molecule has 248 valence electrons. The topological polar surface area (TPSA) is 44.8 Å². The van der Waals surface area contributed by atoms with E-state index in [1.807, 2.05) is 0 Å². The third-order valence-electron chi connectivity index (χ3n) is 8.70. The van der Waals surface area contributed by atoms with Crippen LogP contribution in [0.3, 0.4) is 0 Å². The molecule has 0 aromatic heterocycles. The van der Waals surface area contributed by atoms with E-state index in [1.165, 1.54) is 116 Å². The first kappa shape index (κ1) is 41.1. The van der Waals surface area contributed by atoms with E-state index in [2.05, 4.69) is 41.5 Å². The Balaban J connectivity index is 5.44. The van der Waals surface area contributed by atoms with Gasteiger partial charge < -0.3 is 0 Å². The Bertz CT molecular complexity index is 494. The van der Waals surface area contributed by atoms with E-state index in [9.17, 15) is 4.57 Å². The van der Waals surface area contributed by atoms with Crippen molar-refractivity contribution in [3.05, 3.63) is 0 Å². The second-order valence-electron chi connectivity index (χ2n) is 12.9. The van der Waals surface area contributed by atoms with Gasteiger partial charge in [0, 0.05) is 0 Å². The summed E-state index contributed by atoms with van der Waals surface area (Å²) in [6.07, 6.45) is 29.1. The zero-order valence-corrected chi connectivity index (χ0v) is 29.8. The number of hydrogen-bond donors (Lipinski definition) is 0. The van der Waals surface area contributed by atoms with Crippen molar-refractivity contribution in [1.29, 1.82) is 0 Å². The van der Waals surface area contributed by atoms with Crippen LogP contribution in [-0.4, -0.2) is 19.8 Å². The lowest BCUT2D eigenvalue weighted by atomic mass is 9.96. The number of phosphoric ester groups is 1. The molecule has 3 unspecified atom stereocenters. The molecule has 0 radical (unpaired) electrons. The molecule has 0 aliphatic heterocycles. The first-order valence-corrected chi connectivity index (χ1v) is 20.0. The van der Waals surface area contributed by atoms with Crippen molar-refractivity contribution in [1.82, 2.24) is 0 Å². The van der Waals surface area contributed by atoms with Crippen LogP contribution in [0.25, 0.3) is 0 Å². The molecule has 0 heterocycles. The fourth-order valence-corrected chi connectivity index (χ4v) is 7.10. The van der Waals surface area contributed by atoms with Crippen LogP contribution in [0.15, 0.2) is 0 Å². The highest BCUT2D eigenvalue weighted by atomic mass is 31.2. The van der Waals surface area contributed by atoms with Crippen molar-refractivity contribution in [3.63, 3.8) is 0 Å². The summed E-state index contributed by atoms with van der Waals surface area (Å²) in [6, 6.07) is 0. The number of unbranched alkanes of at least 4 members (excludes halogenated alkanes) is 12. The molecule has 0 spiro atoms. The average molecular weight is 603 g/mol. The fraction of sp³-hybridized carbons (Fsp3) is 1.00. The van der Waals surface area contributed by atoms with Crippen LogP contribution < -0.4 is 0 Å². The average Bonchev–Trinajstić information content (AvgIpc) is 2.98. The molecule has 0 aliphatic carbocycles. The van der Waals surface area contributed by atoms with Gasteiger partial charge in [0.1, 0.15) is 0 Å². The van der Waals surface area contributed by atoms with Gasteiger partial charge in [-0.15, -0.1) is 0 Å². The SMILES string of the molecule is CCCCCCC(CCCC)COP(=O)(OCC(CCCC)CCCCCC)OCC(CCCC)CCCCCC. The maximum absolute atomic E-state index is 14.2. The van der Waals surface area contributed by atoms with E-state index >= 15 is 0 Å². The standard InChI is InChI=1S/C36H75O4P/c1-7-13-19-22-28-34(25-16-10-4)31-38-41(37,39-32-35(26-17-11-5)29-23-20-14-8-2)40-33-36(27-18-12-6)30-24-21-15-9-3/h34-36H,7-33H2,1-6H3. The van der Waals surface area contributed by atoms with Gasteiger partial charge in [0.2, 0.25) is 0 Å². The normalized spacial score (nSPS) is 15.6. The minimum atomic E-state index is -3.61. The summed E-state index contributed by atoms with van der Waals surface area (Å²) in [4.78, 5) is 0. The van der Waals surface area contributed by atoms with Crippen molar-refractivity contribution in [2.75, 3.05) is 19.8 Å². The Labute approximate surface area is 258 Å². The summed E-state index contributed by atoms with van der Waals surface area (Å²) in [6.45, 7) is 15.0. The Hall–Kier alpha value is 0.110. The van der Waals surface area contributed by atoms with Crippen LogP contribution in [0.1, 0.15) is 196 Å². The highest BCUT2D eigenvalue weighted by molar-refractivity contribution is 7.48. The summed E-state index contributed by atoms with van der Waals surface area (Å²) in [5.41, 5.74) is 0. The van der Waals surface area contributed by atoms with Crippen molar-refractivity contribution in [2.45, 2.75) is 196 Å². The van der Waals surface area contributed by atoms with Gasteiger partial charge in [-0.05, 0) is 56.3 Å². The third-order valence-corrected chi connectivity index (χ3v) is 10.1. The molecule has 0 saturated heterocycles. The number of rotatable bonds is 33. The molecule has 0 saturated carbocycles. The van der Waals surface area contributed by atoms with Gasteiger partial charge in [-0.1, -0.05) is 157 Å². The molecule has 0 aromatic carbocycles. The van der Waals surface area contributed by atoms with Crippen LogP contribution in [-0.2, 0) is 18.1 Å². The van der Waals surface area contributed by atoms with Gasteiger partial charge in [-0.2, -0.15) is 0 Å². The van der Waals surface area contributed by atoms with E-state index in [4.69, 9.17) is 13.6 Å². The highest BCUT2D eigenvalue weighted by Crippen LogP contribution is 2.51. The molecule has 0 bridgehead atoms. The Morgan fingerprint density at radius 3 is 0.854 bits per heavy atom. The van der Waals surface area contributed by atoms with Gasteiger partial charge in [0.05, 0.1) is 19.8 Å². The first-order valence-electron chi connectivity index (χ1n) is 18.5. The highest BCUT2D eigenvalue weighted by Gasteiger charge is 2.31. The Morgan fingerprint density at radius 2 is 0.610 bits per heavy atom. The second-order valence-corrected chi connectivity index (χ2v) is 14.6. The summed E-state index contributed by atoms with van der Waals surface area (Å²) < 4.78 is 33.0. The van der Waals surface area contributed by atoms with Gasteiger partial charge in [-0.3, -0.25) is 13.6 Å². The van der Waals surface area contributed by atoms with E-state index in [1.54, 1.807) is 0 Å². The first-order chi connectivity index (χ1) is 20.0. The zero-order valence-electron chi connectivity index (χ0n) is 28.9. The summed E-state index contributed by atoms with van der Waals surface area (Å²) in [7, 11) is -3.61. The molecular weight excluding hydrogens is 527 g/mol. The van der Waals surface area contributed by atoms with E-state index in [-0.39, 0.29) is 0 Å². The van der Waals surface area contributed by atoms with Crippen LogP contribution in [0.4, 0.5) is 0 Å². The minimum absolute atomic E-state index is 0.433. The lowest BCUT2D eigenvalue weighted by Crippen LogP contribution is -2.17. The predicted octanol–water partition coefficient (Wildman–Crippen LogP) is 13.5. The fourth-order valence-electron chi connectivity index (χ4n) is 5.69. The molecule has 0 aliphatic rings. The lowest BCUT2D eigenvalue weighted by molar-refractivity contribution is 0.0706. The van der Waals surface area contributed by atoms with Crippen molar-refractivity contribution < 1.29 is 18.1 Å². The lowest BCUT2D eigenvalue weighted by Gasteiger charge is -2.26. The summed E-state index contributed by atoms with van der Waals surface area (Å²) in [5.74, 6) is 1.30. The zero-order chi connectivity index (χ0) is 30.4. The molecule has 0 N–H and O–H groups in total. The third kappa shape index (κ3) is 25.2.